The Morgan fingerprint density at radius 3 is 2.64 bits per heavy atom. The first-order valence-corrected chi connectivity index (χ1v) is 4.58. The maximum atomic E-state index is 8.74. The summed E-state index contributed by atoms with van der Waals surface area (Å²) in [6.07, 6.45) is 6.59. The predicted molar refractivity (Wildman–Crippen MR) is 41.7 cm³/mol. The molecule has 0 aromatic carbocycles. The van der Waals surface area contributed by atoms with Crippen LogP contribution in [0.25, 0.3) is 0 Å². The average molecular weight is 151 g/mol. The van der Waals surface area contributed by atoms with Crippen molar-refractivity contribution in [1.29, 1.82) is 0 Å². The Labute approximate surface area is 66.3 Å². The van der Waals surface area contributed by atoms with Gasteiger partial charge in [-0.1, -0.05) is 5.16 Å². The summed E-state index contributed by atoms with van der Waals surface area (Å²) in [5, 5.41) is 12.2. The van der Waals surface area contributed by atoms with Gasteiger partial charge in [-0.2, -0.15) is 0 Å². The van der Waals surface area contributed by atoms with Crippen LogP contribution in [0.5, 0.6) is 0 Å². The smallest absolute Gasteiger partial charge is 0.0610 e. The highest BCUT2D eigenvalue weighted by Gasteiger charge is 2.64. The van der Waals surface area contributed by atoms with Crippen molar-refractivity contribution in [2.45, 2.75) is 32.1 Å². The van der Waals surface area contributed by atoms with Crippen molar-refractivity contribution in [2.75, 3.05) is 0 Å². The molecule has 11 heavy (non-hydrogen) atoms. The third-order valence-corrected chi connectivity index (χ3v) is 4.12. The van der Waals surface area contributed by atoms with Crippen molar-refractivity contribution < 1.29 is 5.21 Å². The van der Waals surface area contributed by atoms with Crippen LogP contribution in [0.3, 0.4) is 0 Å². The van der Waals surface area contributed by atoms with E-state index in [9.17, 15) is 0 Å². The highest BCUT2D eigenvalue weighted by molar-refractivity contribution is 5.91. The van der Waals surface area contributed by atoms with Crippen LogP contribution in [-0.4, -0.2) is 10.9 Å². The quantitative estimate of drug-likeness (QED) is 0.417. The van der Waals surface area contributed by atoms with E-state index in [1.807, 2.05) is 0 Å². The van der Waals surface area contributed by atoms with Gasteiger partial charge in [0.05, 0.1) is 5.71 Å². The second-order valence-corrected chi connectivity index (χ2v) is 4.36. The zero-order valence-electron chi connectivity index (χ0n) is 6.58. The fourth-order valence-corrected chi connectivity index (χ4v) is 3.44. The second kappa shape index (κ2) is 1.62. The molecule has 3 saturated carbocycles. The summed E-state index contributed by atoms with van der Waals surface area (Å²) in [5.74, 6) is 1.57. The summed E-state index contributed by atoms with van der Waals surface area (Å²) in [4.78, 5) is 0. The topological polar surface area (TPSA) is 32.6 Å². The Bertz CT molecular complexity index is 230. The maximum Gasteiger partial charge on any atom is 0.0610 e. The molecule has 2 atom stereocenters. The highest BCUT2D eigenvalue weighted by Crippen LogP contribution is 2.69. The summed E-state index contributed by atoms with van der Waals surface area (Å²) in [6, 6.07) is 0. The molecule has 3 fully saturated rings. The van der Waals surface area contributed by atoms with Gasteiger partial charge in [-0.25, -0.2) is 0 Å². The maximum absolute atomic E-state index is 8.74. The van der Waals surface area contributed by atoms with Gasteiger partial charge in [0.15, 0.2) is 0 Å². The minimum atomic E-state index is 0.654. The highest BCUT2D eigenvalue weighted by atomic mass is 16.4. The summed E-state index contributed by atoms with van der Waals surface area (Å²) in [7, 11) is 0. The number of hydrogen-bond acceptors (Lipinski definition) is 2. The van der Waals surface area contributed by atoms with E-state index in [0.29, 0.717) is 11.3 Å². The van der Waals surface area contributed by atoms with Gasteiger partial charge >= 0.3 is 0 Å². The summed E-state index contributed by atoms with van der Waals surface area (Å²) in [6.45, 7) is 0. The van der Waals surface area contributed by atoms with E-state index in [-0.39, 0.29) is 0 Å². The standard InChI is InChI=1S/C9H13NO/c11-10-8-5-6-1-2-7(8)9(6)3-4-9/h6-7,11H,1-5H2/b10-8+. The number of hydrogen-bond donors (Lipinski definition) is 1. The molecular formula is C9H13NO. The Balaban J connectivity index is 2.02. The van der Waals surface area contributed by atoms with E-state index >= 15 is 0 Å². The molecule has 0 amide bonds. The molecule has 60 valence electrons. The second-order valence-electron chi connectivity index (χ2n) is 4.36. The first-order valence-electron chi connectivity index (χ1n) is 4.58. The van der Waals surface area contributed by atoms with Crippen LogP contribution in [0.2, 0.25) is 0 Å². The fraction of sp³-hybridized carbons (Fsp3) is 0.889. The largest absolute Gasteiger partial charge is 0.411 e. The van der Waals surface area contributed by atoms with Crippen LogP contribution in [0.15, 0.2) is 5.16 Å². The lowest BCUT2D eigenvalue weighted by molar-refractivity contribution is 0.312. The van der Waals surface area contributed by atoms with Crippen LogP contribution < -0.4 is 0 Å². The Morgan fingerprint density at radius 2 is 2.18 bits per heavy atom. The van der Waals surface area contributed by atoms with Crippen molar-refractivity contribution in [2.24, 2.45) is 22.4 Å². The molecule has 0 heterocycles. The molecule has 0 aliphatic heterocycles. The molecule has 2 heteroatoms. The molecule has 0 saturated heterocycles. The molecule has 1 spiro atoms. The third kappa shape index (κ3) is 0.534. The van der Waals surface area contributed by atoms with Crippen molar-refractivity contribution in [3.8, 4) is 0 Å². The minimum absolute atomic E-state index is 0.654. The molecular weight excluding hydrogens is 138 g/mol. The summed E-state index contributed by atoms with van der Waals surface area (Å²) >= 11 is 0. The zero-order valence-corrected chi connectivity index (χ0v) is 6.58. The van der Waals surface area contributed by atoms with Crippen molar-refractivity contribution in [3.05, 3.63) is 0 Å². The van der Waals surface area contributed by atoms with Crippen molar-refractivity contribution in [1.82, 2.24) is 0 Å². The number of oxime groups is 1. The zero-order chi connectivity index (χ0) is 7.47. The van der Waals surface area contributed by atoms with Crippen LogP contribution in [-0.2, 0) is 0 Å². The molecule has 0 radical (unpaired) electrons. The predicted octanol–water partition coefficient (Wildman–Crippen LogP) is 2.03. The van der Waals surface area contributed by atoms with Gasteiger partial charge in [0.25, 0.3) is 0 Å². The van der Waals surface area contributed by atoms with Gasteiger partial charge in [-0.3, -0.25) is 0 Å². The lowest BCUT2D eigenvalue weighted by Crippen LogP contribution is -2.12. The van der Waals surface area contributed by atoms with Gasteiger partial charge in [0.2, 0.25) is 0 Å². The van der Waals surface area contributed by atoms with Crippen LogP contribution in [0.1, 0.15) is 32.1 Å². The number of nitrogens with zero attached hydrogens (tertiary/aromatic N) is 1. The normalized spacial score (nSPS) is 47.5. The van der Waals surface area contributed by atoms with Crippen LogP contribution in [0, 0.1) is 17.3 Å². The Kier molecular flexibility index (Phi) is 0.890. The monoisotopic (exact) mass is 151 g/mol. The lowest BCUT2D eigenvalue weighted by atomic mass is 9.94. The molecule has 0 aromatic heterocycles. The SMILES string of the molecule is O/N=C1\CC2CCC1C21CC1. The molecule has 3 aliphatic rings. The first-order chi connectivity index (χ1) is 5.37. The molecule has 2 bridgehead atoms. The lowest BCUT2D eigenvalue weighted by Gasteiger charge is -2.10. The van der Waals surface area contributed by atoms with Gasteiger partial charge in [-0.05, 0) is 43.4 Å². The van der Waals surface area contributed by atoms with Gasteiger partial charge in [0, 0.05) is 5.92 Å². The van der Waals surface area contributed by atoms with E-state index < -0.39 is 0 Å². The molecule has 1 N–H and O–H groups in total. The van der Waals surface area contributed by atoms with E-state index in [2.05, 4.69) is 5.16 Å². The Hall–Kier alpha value is -0.530. The molecule has 3 rings (SSSR count). The van der Waals surface area contributed by atoms with Crippen LogP contribution in [0.4, 0.5) is 0 Å². The van der Waals surface area contributed by atoms with Gasteiger partial charge in [-0.15, -0.1) is 0 Å². The van der Waals surface area contributed by atoms with E-state index in [1.54, 1.807) is 0 Å². The molecule has 3 aliphatic carbocycles. The third-order valence-electron chi connectivity index (χ3n) is 4.12. The number of rotatable bonds is 0. The molecule has 2 nitrogen and oxygen atoms in total. The average Bonchev–Trinajstić information content (AvgIpc) is 2.69. The molecule has 0 aromatic rings. The van der Waals surface area contributed by atoms with Gasteiger partial charge < -0.3 is 5.21 Å². The molecule has 2 unspecified atom stereocenters. The first kappa shape index (κ1) is 6.04. The van der Waals surface area contributed by atoms with Crippen LogP contribution >= 0.6 is 0 Å². The van der Waals surface area contributed by atoms with Crippen molar-refractivity contribution in [3.63, 3.8) is 0 Å². The van der Waals surface area contributed by atoms with Crippen molar-refractivity contribution >= 4 is 5.71 Å². The van der Waals surface area contributed by atoms with Gasteiger partial charge in [0.1, 0.15) is 0 Å². The minimum Gasteiger partial charge on any atom is -0.411 e. The Morgan fingerprint density at radius 1 is 1.36 bits per heavy atom. The fourth-order valence-electron chi connectivity index (χ4n) is 3.44. The van der Waals surface area contributed by atoms with E-state index in [4.69, 9.17) is 5.21 Å². The van der Waals surface area contributed by atoms with E-state index in [1.165, 1.54) is 25.7 Å². The summed E-state index contributed by atoms with van der Waals surface area (Å²) < 4.78 is 0. The van der Waals surface area contributed by atoms with E-state index in [0.717, 1.165) is 18.1 Å². The summed E-state index contributed by atoms with van der Waals surface area (Å²) in [5.41, 5.74) is 1.76.